The summed E-state index contributed by atoms with van der Waals surface area (Å²) < 4.78 is 0.262. The molecule has 0 amide bonds. The summed E-state index contributed by atoms with van der Waals surface area (Å²) in [7, 11) is 0. The molecule has 0 unspecified atom stereocenters. The predicted molar refractivity (Wildman–Crippen MR) is 58.8 cm³/mol. The molecule has 0 spiro atoms. The second kappa shape index (κ2) is 4.43. The highest BCUT2D eigenvalue weighted by molar-refractivity contribution is 14.1. The van der Waals surface area contributed by atoms with Gasteiger partial charge in [-0.15, -0.1) is 0 Å². The van der Waals surface area contributed by atoms with Gasteiger partial charge in [-0.1, -0.05) is 0 Å². The molecule has 0 atom stereocenters. The van der Waals surface area contributed by atoms with Crippen molar-refractivity contribution in [1.82, 2.24) is 0 Å². The number of aliphatic carboxylic acids is 1. The van der Waals surface area contributed by atoms with Crippen LogP contribution in [0.1, 0.15) is 5.56 Å². The van der Waals surface area contributed by atoms with Gasteiger partial charge in [0.25, 0.3) is 0 Å². The monoisotopic (exact) mass is 323 g/mol. The van der Waals surface area contributed by atoms with E-state index >= 15 is 0 Å². The third-order valence-electron chi connectivity index (χ3n) is 1.66. The van der Waals surface area contributed by atoms with Crippen LogP contribution >= 0.6 is 22.6 Å². The van der Waals surface area contributed by atoms with E-state index in [1.54, 1.807) is 22.6 Å². The summed E-state index contributed by atoms with van der Waals surface area (Å²) in [6.07, 6.45) is -0.308. The molecule has 15 heavy (non-hydrogen) atoms. The molecule has 80 valence electrons. The summed E-state index contributed by atoms with van der Waals surface area (Å²) in [4.78, 5) is 20.2. The van der Waals surface area contributed by atoms with Crippen LogP contribution in [0.3, 0.4) is 0 Å². The van der Waals surface area contributed by atoms with Crippen LogP contribution in [0.5, 0.6) is 5.75 Å². The Balaban J connectivity index is 3.23. The van der Waals surface area contributed by atoms with E-state index in [0.717, 1.165) is 6.07 Å². The number of nitrogens with zero attached hydrogens (tertiary/aromatic N) is 1. The van der Waals surface area contributed by atoms with E-state index in [1.165, 1.54) is 6.07 Å². The zero-order chi connectivity index (χ0) is 11.6. The average Bonchev–Trinajstić information content (AvgIpc) is 2.09. The minimum absolute atomic E-state index is 0.262. The highest BCUT2D eigenvalue weighted by Gasteiger charge is 2.18. The van der Waals surface area contributed by atoms with Crippen molar-refractivity contribution in [2.24, 2.45) is 0 Å². The lowest BCUT2D eigenvalue weighted by molar-refractivity contribution is -0.386. The average molecular weight is 323 g/mol. The first-order valence-electron chi connectivity index (χ1n) is 3.79. The maximum atomic E-state index is 10.5. The Morgan fingerprint density at radius 2 is 2.13 bits per heavy atom. The molecule has 6 nitrogen and oxygen atoms in total. The first kappa shape index (κ1) is 11.7. The van der Waals surface area contributed by atoms with E-state index in [2.05, 4.69) is 0 Å². The number of carboxylic acids is 1. The van der Waals surface area contributed by atoms with Gasteiger partial charge >= 0.3 is 11.7 Å². The Hall–Kier alpha value is -1.38. The molecule has 0 fully saturated rings. The number of carbonyl (C=O) groups is 1. The van der Waals surface area contributed by atoms with E-state index in [-0.39, 0.29) is 15.6 Å². The molecular formula is C8H6INO5. The van der Waals surface area contributed by atoms with Crippen molar-refractivity contribution in [3.63, 3.8) is 0 Å². The number of nitro benzene ring substituents is 1. The van der Waals surface area contributed by atoms with Gasteiger partial charge in [-0.25, -0.2) is 0 Å². The summed E-state index contributed by atoms with van der Waals surface area (Å²) in [5.74, 6) is -1.51. The maximum absolute atomic E-state index is 10.5. The van der Waals surface area contributed by atoms with Gasteiger partial charge in [0.15, 0.2) is 0 Å². The molecule has 7 heteroatoms. The molecule has 0 aromatic heterocycles. The number of carboxylic acid groups (broad SMARTS) is 1. The molecule has 1 aromatic carbocycles. The molecule has 1 rings (SSSR count). The molecule has 0 heterocycles. The number of nitro groups is 1. The summed E-state index contributed by atoms with van der Waals surface area (Å²) in [5.41, 5.74) is -0.186. The molecule has 0 saturated heterocycles. The zero-order valence-corrected chi connectivity index (χ0v) is 9.46. The van der Waals surface area contributed by atoms with E-state index in [1.807, 2.05) is 0 Å². The lowest BCUT2D eigenvalue weighted by atomic mass is 10.1. The topological polar surface area (TPSA) is 101 Å². The lowest BCUT2D eigenvalue weighted by Gasteiger charge is -2.02. The number of phenolic OH excluding ortho intramolecular Hbond substituents is 1. The van der Waals surface area contributed by atoms with Gasteiger partial charge in [-0.05, 0) is 34.2 Å². The fraction of sp³-hybridized carbons (Fsp3) is 0.125. The second-order valence-corrected chi connectivity index (χ2v) is 3.94. The maximum Gasteiger partial charge on any atom is 0.312 e. The van der Waals surface area contributed by atoms with Gasteiger partial charge in [0, 0.05) is 6.07 Å². The number of benzene rings is 1. The quantitative estimate of drug-likeness (QED) is 0.499. The summed E-state index contributed by atoms with van der Waals surface area (Å²) in [6, 6.07) is 2.46. The highest BCUT2D eigenvalue weighted by Crippen LogP contribution is 2.32. The van der Waals surface area contributed by atoms with Crippen molar-refractivity contribution < 1.29 is 19.9 Å². The minimum atomic E-state index is -1.08. The second-order valence-electron chi connectivity index (χ2n) is 2.77. The van der Waals surface area contributed by atoms with Crippen molar-refractivity contribution in [2.45, 2.75) is 6.42 Å². The Kier molecular flexibility index (Phi) is 3.45. The molecule has 0 aliphatic carbocycles. The highest BCUT2D eigenvalue weighted by atomic mass is 127. The molecule has 2 N–H and O–H groups in total. The van der Waals surface area contributed by atoms with Gasteiger partial charge < -0.3 is 10.2 Å². The Labute approximate surface area is 97.8 Å². The van der Waals surface area contributed by atoms with Crippen molar-refractivity contribution in [3.8, 4) is 5.75 Å². The lowest BCUT2D eigenvalue weighted by Crippen LogP contribution is -2.01. The fourth-order valence-electron chi connectivity index (χ4n) is 1.05. The third kappa shape index (κ3) is 2.78. The number of halogens is 1. The van der Waals surface area contributed by atoms with Crippen molar-refractivity contribution in [2.75, 3.05) is 0 Å². The molecule has 0 radical (unpaired) electrons. The Morgan fingerprint density at radius 1 is 1.53 bits per heavy atom. The summed E-state index contributed by atoms with van der Waals surface area (Å²) in [6.45, 7) is 0. The van der Waals surface area contributed by atoms with Crippen molar-refractivity contribution in [3.05, 3.63) is 31.4 Å². The number of phenols is 1. The molecule has 1 aromatic rings. The van der Waals surface area contributed by atoms with Crippen LogP contribution in [0, 0.1) is 13.7 Å². The van der Waals surface area contributed by atoms with Crippen LogP contribution in [-0.2, 0) is 11.2 Å². The number of aromatic hydroxyl groups is 1. The van der Waals surface area contributed by atoms with Gasteiger partial charge in [0.1, 0.15) is 0 Å². The smallest absolute Gasteiger partial charge is 0.312 e. The number of hydrogen-bond acceptors (Lipinski definition) is 4. The SMILES string of the molecule is O=C(O)Cc1cc(I)c(O)c([N+](=O)[O-])c1. The Bertz CT molecular complexity index is 431. The van der Waals surface area contributed by atoms with Gasteiger partial charge in [-0.2, -0.15) is 0 Å². The number of rotatable bonds is 3. The summed E-state index contributed by atoms with van der Waals surface area (Å²) in [5, 5.41) is 28.4. The van der Waals surface area contributed by atoms with Gasteiger partial charge in [0.05, 0.1) is 14.9 Å². The molecule has 0 saturated carbocycles. The van der Waals surface area contributed by atoms with E-state index in [0.29, 0.717) is 0 Å². The standard InChI is InChI=1S/C8H6INO5/c9-5-1-4(3-7(11)12)2-6(8(5)13)10(14)15/h1-2,13H,3H2,(H,11,12). The van der Waals surface area contributed by atoms with E-state index in [9.17, 15) is 20.0 Å². The van der Waals surface area contributed by atoms with E-state index in [4.69, 9.17) is 5.11 Å². The fourth-order valence-corrected chi connectivity index (χ4v) is 1.73. The van der Waals surface area contributed by atoms with Crippen LogP contribution in [0.15, 0.2) is 12.1 Å². The summed E-state index contributed by atoms with van der Waals surface area (Å²) >= 11 is 1.71. The van der Waals surface area contributed by atoms with Crippen molar-refractivity contribution in [1.29, 1.82) is 0 Å². The van der Waals surface area contributed by atoms with Crippen LogP contribution in [0.2, 0.25) is 0 Å². The van der Waals surface area contributed by atoms with Crippen molar-refractivity contribution >= 4 is 34.2 Å². The first-order chi connectivity index (χ1) is 6.91. The van der Waals surface area contributed by atoms with Crippen LogP contribution in [-0.4, -0.2) is 21.1 Å². The molecular weight excluding hydrogens is 317 g/mol. The van der Waals surface area contributed by atoms with Gasteiger partial charge in [0.2, 0.25) is 5.75 Å². The normalized spacial score (nSPS) is 9.93. The van der Waals surface area contributed by atoms with Gasteiger partial charge in [-0.3, -0.25) is 14.9 Å². The Morgan fingerprint density at radius 3 is 2.60 bits per heavy atom. The van der Waals surface area contributed by atoms with Crippen LogP contribution in [0.25, 0.3) is 0 Å². The largest absolute Gasteiger partial charge is 0.501 e. The first-order valence-corrected chi connectivity index (χ1v) is 4.87. The molecule has 0 aliphatic heterocycles. The minimum Gasteiger partial charge on any atom is -0.501 e. The van der Waals surface area contributed by atoms with Crippen LogP contribution in [0.4, 0.5) is 5.69 Å². The third-order valence-corrected chi connectivity index (χ3v) is 2.48. The predicted octanol–water partition coefficient (Wildman–Crippen LogP) is 1.53. The molecule has 0 bridgehead atoms. The van der Waals surface area contributed by atoms with Crippen LogP contribution < -0.4 is 0 Å². The zero-order valence-electron chi connectivity index (χ0n) is 7.31. The number of hydrogen-bond donors (Lipinski definition) is 2. The molecule has 0 aliphatic rings. The van der Waals surface area contributed by atoms with E-state index < -0.39 is 22.3 Å².